The Morgan fingerprint density at radius 1 is 1.42 bits per heavy atom. The smallest absolute Gasteiger partial charge is 0.245 e. The van der Waals surface area contributed by atoms with Crippen molar-refractivity contribution >= 4 is 18.3 Å². The van der Waals surface area contributed by atoms with E-state index in [9.17, 15) is 14.3 Å². The normalized spacial score (nSPS) is 20.4. The fourth-order valence-corrected chi connectivity index (χ4v) is 2.94. The summed E-state index contributed by atoms with van der Waals surface area (Å²) in [5.74, 6) is -0.0693. The molecule has 1 saturated heterocycles. The second kappa shape index (κ2) is 9.02. The Hall–Kier alpha value is -2.10. The maximum absolute atomic E-state index is 13.1. The van der Waals surface area contributed by atoms with E-state index in [1.807, 2.05) is 0 Å². The van der Waals surface area contributed by atoms with Crippen LogP contribution in [0.2, 0.25) is 0 Å². The van der Waals surface area contributed by atoms with E-state index in [0.717, 1.165) is 5.56 Å². The number of aromatic nitrogens is 4. The minimum atomic E-state index is -0.646. The number of nitrogens with one attached hydrogen (secondary N) is 2. The van der Waals surface area contributed by atoms with Crippen LogP contribution in [0.4, 0.5) is 4.39 Å². The summed E-state index contributed by atoms with van der Waals surface area (Å²) < 4.78 is 14.6. The topological polar surface area (TPSA) is 105 Å². The molecule has 1 aromatic carbocycles. The molecule has 0 radical (unpaired) electrons. The molecule has 2 aromatic rings. The number of hydrogen-bond donors (Lipinski definition) is 3. The van der Waals surface area contributed by atoms with E-state index in [0.29, 0.717) is 31.9 Å². The van der Waals surface area contributed by atoms with E-state index in [-0.39, 0.29) is 30.0 Å². The van der Waals surface area contributed by atoms with Crippen molar-refractivity contribution in [3.05, 3.63) is 41.5 Å². The molecule has 1 fully saturated rings. The van der Waals surface area contributed by atoms with Crippen LogP contribution in [-0.4, -0.2) is 57.0 Å². The second-order valence-corrected chi connectivity index (χ2v) is 6.25. The molecule has 26 heavy (non-hydrogen) atoms. The van der Waals surface area contributed by atoms with Crippen molar-refractivity contribution in [3.63, 3.8) is 0 Å². The summed E-state index contributed by atoms with van der Waals surface area (Å²) in [6, 6.07) is 5.35. The lowest BCUT2D eigenvalue weighted by Crippen LogP contribution is -2.40. The van der Waals surface area contributed by atoms with Crippen LogP contribution in [-0.2, 0) is 11.2 Å². The van der Waals surface area contributed by atoms with Gasteiger partial charge in [0.25, 0.3) is 0 Å². The summed E-state index contributed by atoms with van der Waals surface area (Å²) in [5, 5.41) is 27.1. The van der Waals surface area contributed by atoms with Gasteiger partial charge in [0.2, 0.25) is 5.91 Å². The number of amides is 1. The van der Waals surface area contributed by atoms with Gasteiger partial charge in [0.15, 0.2) is 0 Å². The molecule has 1 aliphatic heterocycles. The molecule has 0 spiro atoms. The summed E-state index contributed by atoms with van der Waals surface area (Å²) in [6.45, 7) is 3.28. The Morgan fingerprint density at radius 2 is 2.15 bits per heavy atom. The van der Waals surface area contributed by atoms with Crippen LogP contribution in [0.15, 0.2) is 24.3 Å². The number of halogens is 2. The summed E-state index contributed by atoms with van der Waals surface area (Å²) in [4.78, 5) is 12.7. The molecule has 3 N–H and O–H groups in total. The SMILES string of the molecule is Cc1nnnn1C(Cc1ccc(F)cc1)C(=O)NCC1CNCC1O.Cl. The van der Waals surface area contributed by atoms with E-state index in [4.69, 9.17) is 0 Å². The molecule has 3 atom stereocenters. The van der Waals surface area contributed by atoms with Crippen LogP contribution in [0, 0.1) is 18.7 Å². The molecule has 142 valence electrons. The quantitative estimate of drug-likeness (QED) is 0.648. The van der Waals surface area contributed by atoms with Crippen LogP contribution >= 0.6 is 12.4 Å². The van der Waals surface area contributed by atoms with Gasteiger partial charge in [-0.2, -0.15) is 0 Å². The highest BCUT2D eigenvalue weighted by atomic mass is 35.5. The number of aliphatic hydroxyl groups excluding tert-OH is 1. The highest BCUT2D eigenvalue weighted by molar-refractivity contribution is 5.85. The molecule has 1 aliphatic rings. The monoisotopic (exact) mass is 384 g/mol. The number of nitrogens with zero attached hydrogens (tertiary/aromatic N) is 4. The Kier molecular flexibility index (Phi) is 7.01. The number of carbonyl (C=O) groups excluding carboxylic acids is 1. The van der Waals surface area contributed by atoms with Crippen LogP contribution < -0.4 is 10.6 Å². The predicted molar refractivity (Wildman–Crippen MR) is 94.3 cm³/mol. The molecular weight excluding hydrogens is 363 g/mol. The van der Waals surface area contributed by atoms with Crippen molar-refractivity contribution in [2.45, 2.75) is 25.5 Å². The third-order valence-electron chi connectivity index (χ3n) is 4.44. The number of tetrazole rings is 1. The van der Waals surface area contributed by atoms with E-state index < -0.39 is 12.1 Å². The second-order valence-electron chi connectivity index (χ2n) is 6.25. The Balaban J connectivity index is 0.00000243. The summed E-state index contributed by atoms with van der Waals surface area (Å²) in [7, 11) is 0. The highest BCUT2D eigenvalue weighted by Gasteiger charge is 2.28. The van der Waals surface area contributed by atoms with Gasteiger partial charge in [-0.25, -0.2) is 9.07 Å². The van der Waals surface area contributed by atoms with Gasteiger partial charge in [0.05, 0.1) is 6.10 Å². The van der Waals surface area contributed by atoms with Gasteiger partial charge in [0, 0.05) is 32.0 Å². The van der Waals surface area contributed by atoms with Gasteiger partial charge in [-0.3, -0.25) is 4.79 Å². The zero-order valence-corrected chi connectivity index (χ0v) is 15.1. The molecule has 1 amide bonds. The average Bonchev–Trinajstić information content (AvgIpc) is 3.20. The maximum atomic E-state index is 13.1. The minimum absolute atomic E-state index is 0. The highest BCUT2D eigenvalue weighted by Crippen LogP contribution is 2.16. The minimum Gasteiger partial charge on any atom is -0.391 e. The van der Waals surface area contributed by atoms with Crippen LogP contribution in [0.1, 0.15) is 17.4 Å². The average molecular weight is 385 g/mol. The first-order chi connectivity index (χ1) is 12.0. The van der Waals surface area contributed by atoms with Crippen LogP contribution in [0.3, 0.4) is 0 Å². The lowest BCUT2D eigenvalue weighted by molar-refractivity contribution is -0.125. The third-order valence-corrected chi connectivity index (χ3v) is 4.44. The zero-order valence-electron chi connectivity index (χ0n) is 14.3. The number of rotatable bonds is 6. The standard InChI is InChI=1S/C16H21FN6O2.ClH/c1-10-20-21-22-23(10)14(6-11-2-4-13(17)5-3-11)16(25)19-8-12-7-18-9-15(12)24;/h2-5,12,14-15,18,24H,6-9H2,1H3,(H,19,25);1H. The van der Waals surface area contributed by atoms with Crippen LogP contribution in [0.25, 0.3) is 0 Å². The van der Waals surface area contributed by atoms with E-state index in [1.165, 1.54) is 16.8 Å². The van der Waals surface area contributed by atoms with Crippen molar-refractivity contribution in [1.29, 1.82) is 0 Å². The Bertz CT molecular complexity index is 726. The Labute approximate surface area is 156 Å². The zero-order chi connectivity index (χ0) is 17.8. The largest absolute Gasteiger partial charge is 0.391 e. The van der Waals surface area contributed by atoms with E-state index in [1.54, 1.807) is 19.1 Å². The van der Waals surface area contributed by atoms with Gasteiger partial charge in [-0.15, -0.1) is 17.5 Å². The molecule has 1 aromatic heterocycles. The first-order valence-electron chi connectivity index (χ1n) is 8.20. The molecule has 8 nitrogen and oxygen atoms in total. The summed E-state index contributed by atoms with van der Waals surface area (Å²) in [6.07, 6.45) is -0.130. The predicted octanol–water partition coefficient (Wildman–Crippen LogP) is 0.0227. The summed E-state index contributed by atoms with van der Waals surface area (Å²) >= 11 is 0. The number of hydrogen-bond acceptors (Lipinski definition) is 6. The van der Waals surface area contributed by atoms with Gasteiger partial charge in [0.1, 0.15) is 17.7 Å². The molecule has 3 rings (SSSR count). The van der Waals surface area contributed by atoms with Crippen molar-refractivity contribution in [2.75, 3.05) is 19.6 Å². The van der Waals surface area contributed by atoms with Gasteiger partial charge in [-0.05, 0) is 35.0 Å². The molecule has 3 unspecified atom stereocenters. The number of carbonyl (C=O) groups is 1. The Morgan fingerprint density at radius 3 is 2.73 bits per heavy atom. The number of benzene rings is 1. The molecule has 0 aliphatic carbocycles. The molecule has 10 heteroatoms. The fraction of sp³-hybridized carbons (Fsp3) is 0.500. The first kappa shape index (κ1) is 20.2. The van der Waals surface area contributed by atoms with E-state index >= 15 is 0 Å². The fourth-order valence-electron chi connectivity index (χ4n) is 2.94. The van der Waals surface area contributed by atoms with Crippen molar-refractivity contribution < 1.29 is 14.3 Å². The third kappa shape index (κ3) is 4.75. The molecule has 2 heterocycles. The number of β-amino-alcohol motifs (C(OH)–C–C–N with tert-alkyl or cyclic N) is 1. The molecular formula is C16H22ClFN6O2. The van der Waals surface area contributed by atoms with E-state index in [2.05, 4.69) is 26.2 Å². The van der Waals surface area contributed by atoms with Crippen molar-refractivity contribution in [1.82, 2.24) is 30.8 Å². The summed E-state index contributed by atoms with van der Waals surface area (Å²) in [5.41, 5.74) is 0.805. The van der Waals surface area contributed by atoms with Gasteiger partial charge >= 0.3 is 0 Å². The van der Waals surface area contributed by atoms with Crippen molar-refractivity contribution in [3.8, 4) is 0 Å². The lowest BCUT2D eigenvalue weighted by atomic mass is 10.0. The molecule has 0 saturated carbocycles. The first-order valence-corrected chi connectivity index (χ1v) is 8.20. The maximum Gasteiger partial charge on any atom is 0.245 e. The van der Waals surface area contributed by atoms with Gasteiger partial charge < -0.3 is 15.7 Å². The number of aliphatic hydroxyl groups is 1. The molecule has 0 bridgehead atoms. The van der Waals surface area contributed by atoms with Crippen LogP contribution in [0.5, 0.6) is 0 Å². The lowest BCUT2D eigenvalue weighted by Gasteiger charge is -2.20. The van der Waals surface area contributed by atoms with Gasteiger partial charge in [-0.1, -0.05) is 12.1 Å². The van der Waals surface area contributed by atoms with Crippen molar-refractivity contribution in [2.24, 2.45) is 5.92 Å². The number of aryl methyl sites for hydroxylation is 1.